The number of H-pyrrole nitrogens is 1. The van der Waals surface area contributed by atoms with Gasteiger partial charge in [0.05, 0.1) is 18.2 Å². The fraction of sp³-hybridized carbons (Fsp3) is 0.536. The Kier molecular flexibility index (Phi) is 7.93. The fourth-order valence-electron chi connectivity index (χ4n) is 5.80. The molecular formula is C28H37FN4O3. The second kappa shape index (κ2) is 10.9. The normalized spacial score (nSPS) is 16.8. The largest absolute Gasteiger partial charge is 0.496 e. The molecule has 8 heteroatoms. The van der Waals surface area contributed by atoms with Crippen molar-refractivity contribution in [3.8, 4) is 5.75 Å². The molecule has 0 spiro atoms. The Bertz CT molecular complexity index is 1290. The molecule has 0 aliphatic carbocycles. The van der Waals surface area contributed by atoms with Crippen molar-refractivity contribution in [2.24, 2.45) is 5.92 Å². The van der Waals surface area contributed by atoms with E-state index in [9.17, 15) is 14.0 Å². The van der Waals surface area contributed by atoms with Gasteiger partial charge in [-0.1, -0.05) is 6.92 Å². The number of aromatic amines is 1. The number of ketones is 1. The Hall–Kier alpha value is -3.00. The van der Waals surface area contributed by atoms with Gasteiger partial charge in [0.1, 0.15) is 11.9 Å². The van der Waals surface area contributed by atoms with Gasteiger partial charge in [0, 0.05) is 42.0 Å². The quantitative estimate of drug-likeness (QED) is 0.437. The molecule has 0 saturated carbocycles. The highest BCUT2D eigenvalue weighted by molar-refractivity contribution is 6.04. The van der Waals surface area contributed by atoms with E-state index in [4.69, 9.17) is 4.74 Å². The number of rotatable bonds is 9. The van der Waals surface area contributed by atoms with Crippen LogP contribution < -0.4 is 10.3 Å². The van der Waals surface area contributed by atoms with Crippen LogP contribution in [-0.4, -0.2) is 58.2 Å². The van der Waals surface area contributed by atoms with Crippen LogP contribution in [0.25, 0.3) is 5.52 Å². The Labute approximate surface area is 211 Å². The summed E-state index contributed by atoms with van der Waals surface area (Å²) in [5.41, 5.74) is 4.48. The highest BCUT2D eigenvalue weighted by atomic mass is 19.1. The minimum atomic E-state index is -0.816. The summed E-state index contributed by atoms with van der Waals surface area (Å²) in [6.07, 6.45) is 3.42. The van der Waals surface area contributed by atoms with E-state index in [0.29, 0.717) is 35.8 Å². The first kappa shape index (κ1) is 26.1. The molecule has 4 heterocycles. The summed E-state index contributed by atoms with van der Waals surface area (Å²) < 4.78 is 20.8. The van der Waals surface area contributed by atoms with Crippen LogP contribution in [0.5, 0.6) is 5.75 Å². The maximum atomic E-state index is 13.6. The molecule has 2 atom stereocenters. The summed E-state index contributed by atoms with van der Waals surface area (Å²) in [6.45, 7) is 9.90. The van der Waals surface area contributed by atoms with Crippen molar-refractivity contribution in [1.82, 2.24) is 19.5 Å². The standard InChI is InChI=1S/C28H37FN4O3/c1-17(29)16-32-13-10-21(11-14-32)19(3)27-20(4)26(23-7-6-12-30-33(23)27)24(34)9-8-22-25(36-5)15-18(2)31-28(22)35/h6-7,12,15,17,19,21H,8-11,13-14,16H2,1-5H3,(H,31,35). The second-order valence-electron chi connectivity index (χ2n) is 10.2. The van der Waals surface area contributed by atoms with Gasteiger partial charge in [0.2, 0.25) is 0 Å². The number of alkyl halides is 1. The molecule has 4 rings (SSSR count). The van der Waals surface area contributed by atoms with Crippen LogP contribution in [0.3, 0.4) is 0 Å². The molecule has 0 aromatic carbocycles. The number of carbonyl (C=O) groups excluding carboxylic acids is 1. The number of aromatic nitrogens is 3. The number of likely N-dealkylation sites (tertiary alicyclic amines) is 1. The maximum absolute atomic E-state index is 13.6. The molecule has 1 fully saturated rings. The molecule has 0 amide bonds. The number of halogens is 1. The molecule has 1 aliphatic rings. The fourth-order valence-corrected chi connectivity index (χ4v) is 5.80. The number of Topliss-reactive ketones (excluding diaryl/α,β-unsaturated/α-hetero) is 1. The van der Waals surface area contributed by atoms with Gasteiger partial charge in [0.15, 0.2) is 5.78 Å². The smallest absolute Gasteiger partial charge is 0.255 e. The second-order valence-corrected chi connectivity index (χ2v) is 10.2. The van der Waals surface area contributed by atoms with Crippen molar-refractivity contribution in [2.75, 3.05) is 26.7 Å². The number of hydrogen-bond donors (Lipinski definition) is 1. The molecular weight excluding hydrogens is 459 g/mol. The Balaban J connectivity index is 1.59. The number of hydrogen-bond acceptors (Lipinski definition) is 5. The van der Waals surface area contributed by atoms with Crippen LogP contribution >= 0.6 is 0 Å². The van der Waals surface area contributed by atoms with Crippen LogP contribution in [0.4, 0.5) is 4.39 Å². The summed E-state index contributed by atoms with van der Waals surface area (Å²) in [5.74, 6) is 1.14. The van der Waals surface area contributed by atoms with Crippen molar-refractivity contribution in [3.63, 3.8) is 0 Å². The summed E-state index contributed by atoms with van der Waals surface area (Å²) in [7, 11) is 1.53. The lowest BCUT2D eigenvalue weighted by atomic mass is 9.82. The molecule has 7 nitrogen and oxygen atoms in total. The monoisotopic (exact) mass is 496 g/mol. The molecule has 2 unspecified atom stereocenters. The van der Waals surface area contributed by atoms with Crippen LogP contribution in [0.1, 0.15) is 71.9 Å². The van der Waals surface area contributed by atoms with Crippen molar-refractivity contribution in [1.29, 1.82) is 0 Å². The lowest BCUT2D eigenvalue weighted by Gasteiger charge is -2.35. The van der Waals surface area contributed by atoms with Crippen molar-refractivity contribution < 1.29 is 13.9 Å². The zero-order valence-electron chi connectivity index (χ0n) is 21.9. The predicted octanol–water partition coefficient (Wildman–Crippen LogP) is 4.64. The van der Waals surface area contributed by atoms with Gasteiger partial charge in [-0.3, -0.25) is 9.59 Å². The lowest BCUT2D eigenvalue weighted by molar-refractivity contribution is 0.0983. The van der Waals surface area contributed by atoms with Crippen LogP contribution in [0.2, 0.25) is 0 Å². The van der Waals surface area contributed by atoms with E-state index in [1.165, 1.54) is 7.11 Å². The number of nitrogens with one attached hydrogen (secondary N) is 1. The van der Waals surface area contributed by atoms with Crippen LogP contribution in [0.15, 0.2) is 29.2 Å². The molecule has 194 valence electrons. The highest BCUT2D eigenvalue weighted by Gasteiger charge is 2.31. The SMILES string of the molecule is COc1cc(C)[nH]c(=O)c1CCC(=O)c1c(C)c(C(C)C2CCN(CC(C)F)CC2)n2ncccc12. The van der Waals surface area contributed by atoms with Crippen molar-refractivity contribution in [2.45, 2.75) is 65.5 Å². The van der Waals surface area contributed by atoms with Gasteiger partial charge in [0.25, 0.3) is 5.56 Å². The lowest BCUT2D eigenvalue weighted by Crippen LogP contribution is -2.38. The molecule has 0 radical (unpaired) electrons. The molecule has 3 aromatic heterocycles. The minimum Gasteiger partial charge on any atom is -0.496 e. The Morgan fingerprint density at radius 3 is 2.67 bits per heavy atom. The topological polar surface area (TPSA) is 79.7 Å². The van der Waals surface area contributed by atoms with Crippen molar-refractivity contribution in [3.05, 3.63) is 62.8 Å². The molecule has 1 aliphatic heterocycles. The van der Waals surface area contributed by atoms with Gasteiger partial charge in [-0.25, -0.2) is 8.91 Å². The van der Waals surface area contributed by atoms with E-state index in [2.05, 4.69) is 21.9 Å². The molecule has 0 bridgehead atoms. The third kappa shape index (κ3) is 5.24. The van der Waals surface area contributed by atoms with E-state index >= 15 is 0 Å². The molecule has 1 N–H and O–H groups in total. The summed E-state index contributed by atoms with van der Waals surface area (Å²) in [5, 5.41) is 4.61. The van der Waals surface area contributed by atoms with Gasteiger partial charge in [-0.2, -0.15) is 5.10 Å². The predicted molar refractivity (Wildman–Crippen MR) is 139 cm³/mol. The van der Waals surface area contributed by atoms with Crippen LogP contribution in [0, 0.1) is 19.8 Å². The first-order valence-corrected chi connectivity index (χ1v) is 12.8. The van der Waals surface area contributed by atoms with Gasteiger partial charge in [-0.05, 0) is 82.8 Å². The van der Waals surface area contributed by atoms with Gasteiger partial charge >= 0.3 is 0 Å². The average molecular weight is 497 g/mol. The minimum absolute atomic E-state index is 0.00905. The highest BCUT2D eigenvalue weighted by Crippen LogP contribution is 2.37. The van der Waals surface area contributed by atoms with E-state index in [-0.39, 0.29) is 23.7 Å². The van der Waals surface area contributed by atoms with E-state index in [1.54, 1.807) is 26.1 Å². The molecule has 36 heavy (non-hydrogen) atoms. The Morgan fingerprint density at radius 2 is 2.00 bits per heavy atom. The van der Waals surface area contributed by atoms with Gasteiger partial charge < -0.3 is 14.6 Å². The summed E-state index contributed by atoms with van der Waals surface area (Å²) in [4.78, 5) is 31.1. The number of carbonyl (C=O) groups is 1. The maximum Gasteiger partial charge on any atom is 0.255 e. The van der Waals surface area contributed by atoms with E-state index in [0.717, 1.165) is 48.4 Å². The number of nitrogens with zero attached hydrogens (tertiary/aromatic N) is 3. The first-order chi connectivity index (χ1) is 17.2. The third-order valence-corrected chi connectivity index (χ3v) is 7.61. The number of methoxy groups -OCH3 is 1. The number of fused-ring (bicyclic) bond motifs is 1. The zero-order valence-corrected chi connectivity index (χ0v) is 21.9. The first-order valence-electron chi connectivity index (χ1n) is 12.8. The van der Waals surface area contributed by atoms with Gasteiger partial charge in [-0.15, -0.1) is 0 Å². The Morgan fingerprint density at radius 1 is 1.28 bits per heavy atom. The van der Waals surface area contributed by atoms with E-state index in [1.807, 2.05) is 23.6 Å². The third-order valence-electron chi connectivity index (χ3n) is 7.61. The van der Waals surface area contributed by atoms with Crippen molar-refractivity contribution >= 4 is 11.3 Å². The zero-order chi connectivity index (χ0) is 26.0. The molecule has 1 saturated heterocycles. The summed E-state index contributed by atoms with van der Waals surface area (Å²) in [6, 6.07) is 5.57. The molecule has 3 aromatic rings. The van der Waals surface area contributed by atoms with Crippen LogP contribution in [-0.2, 0) is 6.42 Å². The number of piperidine rings is 1. The average Bonchev–Trinajstić information content (AvgIpc) is 3.14. The number of pyridine rings is 1. The van der Waals surface area contributed by atoms with E-state index < -0.39 is 6.17 Å². The summed E-state index contributed by atoms with van der Waals surface area (Å²) >= 11 is 0. The number of ether oxygens (including phenoxy) is 1. The number of aryl methyl sites for hydroxylation is 1.